The van der Waals surface area contributed by atoms with Crippen molar-refractivity contribution in [1.82, 2.24) is 23.2 Å². The van der Waals surface area contributed by atoms with Crippen molar-refractivity contribution in [2.24, 2.45) is 0 Å². The molecule has 0 bridgehead atoms. The number of benzene rings is 2. The third-order valence-electron chi connectivity index (χ3n) is 7.89. The number of rotatable bonds is 6. The van der Waals surface area contributed by atoms with E-state index in [2.05, 4.69) is 19.7 Å². The Morgan fingerprint density at radius 3 is 2.50 bits per heavy atom. The molecule has 6 rings (SSSR count). The summed E-state index contributed by atoms with van der Waals surface area (Å²) < 4.78 is 82.3. The highest BCUT2D eigenvalue weighted by molar-refractivity contribution is 7.90. The Bertz CT molecular complexity index is 2090. The molecule has 2 aromatic carbocycles. The van der Waals surface area contributed by atoms with Crippen LogP contribution in [0.1, 0.15) is 44.9 Å². The number of likely N-dealkylation sites (tertiary alicyclic amines) is 1. The highest BCUT2D eigenvalue weighted by Gasteiger charge is 2.37. The molecule has 3 aromatic heterocycles. The molecule has 1 amide bonds. The van der Waals surface area contributed by atoms with E-state index in [1.165, 1.54) is 29.9 Å². The predicted octanol–water partition coefficient (Wildman–Crippen LogP) is 7.60. The second-order valence-electron chi connectivity index (χ2n) is 12.6. The minimum atomic E-state index is -4.85. The fourth-order valence-corrected chi connectivity index (χ4v) is 7.77. The largest absolute Gasteiger partial charge is 0.444 e. The van der Waals surface area contributed by atoms with Crippen LogP contribution in [0.5, 0.6) is 0 Å². The van der Waals surface area contributed by atoms with Crippen molar-refractivity contribution >= 4 is 44.5 Å². The number of alkyl halides is 3. The molecule has 0 saturated carbocycles. The van der Waals surface area contributed by atoms with E-state index in [0.29, 0.717) is 31.1 Å². The maximum absolute atomic E-state index is 14.5. The quantitative estimate of drug-likeness (QED) is 0.193. The van der Waals surface area contributed by atoms with Gasteiger partial charge in [0.2, 0.25) is 5.95 Å². The number of amides is 1. The van der Waals surface area contributed by atoms with Crippen LogP contribution < -0.4 is 5.32 Å². The molecule has 0 unspecified atom stereocenters. The van der Waals surface area contributed by atoms with E-state index in [0.717, 1.165) is 15.2 Å². The van der Waals surface area contributed by atoms with Crippen LogP contribution >= 0.6 is 11.5 Å². The van der Waals surface area contributed by atoms with Gasteiger partial charge in [-0.15, -0.1) is 0 Å². The van der Waals surface area contributed by atoms with Crippen molar-refractivity contribution in [1.29, 1.82) is 0 Å². The number of nitrogens with one attached hydrogen (secondary N) is 1. The van der Waals surface area contributed by atoms with Crippen LogP contribution in [-0.2, 0) is 20.9 Å². The van der Waals surface area contributed by atoms with Crippen LogP contribution in [0.4, 0.5) is 23.9 Å². The van der Waals surface area contributed by atoms with Gasteiger partial charge in [-0.1, -0.05) is 30.3 Å². The summed E-state index contributed by atoms with van der Waals surface area (Å²) in [4.78, 5) is 22.5. The van der Waals surface area contributed by atoms with Crippen molar-refractivity contribution in [2.75, 3.05) is 18.4 Å². The molecule has 1 saturated heterocycles. The maximum atomic E-state index is 14.5. The molecule has 1 fully saturated rings. The number of carbonyl (C=O) groups is 1. The van der Waals surface area contributed by atoms with Gasteiger partial charge >= 0.3 is 12.3 Å². The van der Waals surface area contributed by atoms with Crippen molar-refractivity contribution in [3.05, 3.63) is 77.6 Å². The van der Waals surface area contributed by atoms with E-state index in [1.54, 1.807) is 62.1 Å². The molecule has 48 heavy (non-hydrogen) atoms. The van der Waals surface area contributed by atoms with E-state index in [-0.39, 0.29) is 39.9 Å². The lowest BCUT2D eigenvalue weighted by molar-refractivity contribution is -0.137. The number of carbonyl (C=O) groups excluding carboxylic acids is 1. The average molecular weight is 699 g/mol. The molecule has 1 aliphatic rings. The maximum Gasteiger partial charge on any atom is 0.419 e. The number of hydrogen-bond acceptors (Lipinski definition) is 9. The highest BCUT2D eigenvalue weighted by Crippen LogP contribution is 2.41. The van der Waals surface area contributed by atoms with Crippen molar-refractivity contribution < 1.29 is 31.1 Å². The van der Waals surface area contributed by atoms with Gasteiger partial charge in [-0.3, -0.25) is 0 Å². The number of hydrogen-bond donors (Lipinski definition) is 1. The van der Waals surface area contributed by atoms with Crippen molar-refractivity contribution in [2.45, 2.75) is 63.3 Å². The second kappa shape index (κ2) is 12.5. The Kier molecular flexibility index (Phi) is 8.70. The van der Waals surface area contributed by atoms with Gasteiger partial charge in [0.05, 0.1) is 21.8 Å². The van der Waals surface area contributed by atoms with Crippen molar-refractivity contribution in [3.8, 4) is 22.4 Å². The zero-order valence-corrected chi connectivity index (χ0v) is 28.2. The second-order valence-corrected chi connectivity index (χ2v) is 15.0. The first-order chi connectivity index (χ1) is 22.6. The topological polar surface area (TPSA) is 119 Å². The van der Waals surface area contributed by atoms with Crippen LogP contribution in [0.3, 0.4) is 0 Å². The fraction of sp³-hybridized carbons (Fsp3) is 0.333. The Morgan fingerprint density at radius 1 is 1.08 bits per heavy atom. The van der Waals surface area contributed by atoms with Gasteiger partial charge in [-0.05, 0) is 75.8 Å². The molecule has 4 heterocycles. The normalized spacial score (nSPS) is 15.9. The van der Waals surface area contributed by atoms with Crippen molar-refractivity contribution in [3.63, 3.8) is 0 Å². The zero-order valence-electron chi connectivity index (χ0n) is 26.6. The number of anilines is 1. The van der Waals surface area contributed by atoms with Crippen LogP contribution in [0.25, 0.3) is 33.3 Å². The van der Waals surface area contributed by atoms with E-state index >= 15 is 0 Å². The van der Waals surface area contributed by atoms with Crippen LogP contribution in [0, 0.1) is 6.92 Å². The lowest BCUT2D eigenvalue weighted by Crippen LogP contribution is -2.47. The molecule has 5 aromatic rings. The molecule has 0 spiro atoms. The summed E-state index contributed by atoms with van der Waals surface area (Å²) in [5.74, 6) is -0.0857. The number of fused-ring (bicyclic) bond motifs is 1. The van der Waals surface area contributed by atoms with Gasteiger partial charge in [0.1, 0.15) is 11.2 Å². The molecule has 1 N–H and O–H groups in total. The number of nitrogens with zero attached hydrogens (tertiary/aromatic N) is 5. The number of halogens is 3. The Labute approximate surface area is 279 Å². The Balaban J connectivity index is 1.46. The Hall–Kier alpha value is -4.50. The van der Waals surface area contributed by atoms with Gasteiger partial charge in [0.15, 0.2) is 0 Å². The minimum Gasteiger partial charge on any atom is -0.444 e. The SMILES string of the molecule is Cc1nscc1-c1ccc2c(-c3nc(N[C@H]4CCCN(C(=O)OC(C)(C)C)C4)ncc3C(F)(F)F)cn(S(=O)(=O)c3ccccc3)c2c1. The molecule has 1 aliphatic heterocycles. The number of aromatic nitrogens is 4. The predicted molar refractivity (Wildman–Crippen MR) is 177 cm³/mol. The van der Waals surface area contributed by atoms with Gasteiger partial charge in [-0.25, -0.2) is 27.2 Å². The van der Waals surface area contributed by atoms with E-state index < -0.39 is 39.2 Å². The summed E-state index contributed by atoms with van der Waals surface area (Å²) >= 11 is 1.25. The number of aryl methyl sites for hydroxylation is 1. The van der Waals surface area contributed by atoms with Crippen LogP contribution in [0.15, 0.2) is 71.2 Å². The highest BCUT2D eigenvalue weighted by atomic mass is 32.2. The minimum absolute atomic E-state index is 0.0276. The van der Waals surface area contributed by atoms with Gasteiger partial charge in [-0.2, -0.15) is 17.5 Å². The standard InChI is InChI=1S/C33H33F3N6O4S2/c1-20-26(19-47-40-20)21-12-13-24-25(18-42(28(24)15-21)48(44,45)23-10-6-5-7-11-23)29-27(33(34,35)36)16-37-30(39-29)38-22-9-8-14-41(17-22)31(43)46-32(2,3)4/h5-7,10-13,15-16,18-19,22H,8-9,14,17H2,1-4H3,(H,37,38,39)/t22-/m0/s1. The molecule has 0 radical (unpaired) electrons. The smallest absolute Gasteiger partial charge is 0.419 e. The van der Waals surface area contributed by atoms with E-state index in [9.17, 15) is 26.4 Å². The molecule has 1 atom stereocenters. The average Bonchev–Trinajstić information content (AvgIpc) is 3.64. The lowest BCUT2D eigenvalue weighted by Gasteiger charge is -2.34. The zero-order chi connectivity index (χ0) is 34.4. The van der Waals surface area contributed by atoms with Crippen LogP contribution in [-0.4, -0.2) is 62.5 Å². The third-order valence-corrected chi connectivity index (χ3v) is 10.3. The summed E-state index contributed by atoms with van der Waals surface area (Å²) in [6.07, 6.45) is -2.20. The molecular weight excluding hydrogens is 666 g/mol. The first-order valence-corrected chi connectivity index (χ1v) is 17.5. The number of piperidine rings is 1. The summed E-state index contributed by atoms with van der Waals surface area (Å²) in [7, 11) is -4.24. The summed E-state index contributed by atoms with van der Waals surface area (Å²) in [5.41, 5.74) is 0.0459. The lowest BCUT2D eigenvalue weighted by atomic mass is 10.0. The molecule has 252 valence electrons. The number of ether oxygens (including phenoxy) is 1. The summed E-state index contributed by atoms with van der Waals surface area (Å²) in [5, 5.41) is 5.17. The van der Waals surface area contributed by atoms with Gasteiger partial charge in [0.25, 0.3) is 10.0 Å². The molecule has 0 aliphatic carbocycles. The van der Waals surface area contributed by atoms with E-state index in [4.69, 9.17) is 4.74 Å². The summed E-state index contributed by atoms with van der Waals surface area (Å²) in [6.45, 7) is 7.85. The third kappa shape index (κ3) is 6.74. The Morgan fingerprint density at radius 2 is 1.83 bits per heavy atom. The van der Waals surface area contributed by atoms with E-state index in [1.807, 2.05) is 12.3 Å². The molecule has 15 heteroatoms. The molecular formula is C33H33F3N6O4S2. The van der Waals surface area contributed by atoms with Gasteiger partial charge in [0, 0.05) is 53.4 Å². The van der Waals surface area contributed by atoms with Crippen LogP contribution in [0.2, 0.25) is 0 Å². The molecule has 10 nitrogen and oxygen atoms in total. The first kappa shape index (κ1) is 33.4. The van der Waals surface area contributed by atoms with Gasteiger partial charge < -0.3 is 15.0 Å². The fourth-order valence-electron chi connectivity index (χ4n) is 5.66. The summed E-state index contributed by atoms with van der Waals surface area (Å²) in [6, 6.07) is 12.3. The first-order valence-electron chi connectivity index (χ1n) is 15.2. The monoisotopic (exact) mass is 698 g/mol.